The smallest absolute Gasteiger partial charge is 0.328 e. The van der Waals surface area contributed by atoms with E-state index in [0.29, 0.717) is 36.7 Å². The lowest BCUT2D eigenvalue weighted by Gasteiger charge is -2.37. The number of carbonyl (C=O) groups excluding carboxylic acids is 1. The molecule has 26 heavy (non-hydrogen) atoms. The highest BCUT2D eigenvalue weighted by molar-refractivity contribution is 5.87. The average Bonchev–Trinajstić information content (AvgIpc) is 2.65. The Kier molecular flexibility index (Phi) is 5.25. The molecule has 0 aromatic heterocycles. The van der Waals surface area contributed by atoms with Gasteiger partial charge in [-0.1, -0.05) is 38.1 Å². The summed E-state index contributed by atoms with van der Waals surface area (Å²) in [6.07, 6.45) is 2.44. The van der Waals surface area contributed by atoms with Crippen molar-refractivity contribution in [2.24, 2.45) is 0 Å². The molecule has 138 valence electrons. The molecule has 2 aromatic rings. The molecule has 0 N–H and O–H groups in total. The lowest BCUT2D eigenvalue weighted by atomic mass is 9.92. The van der Waals surface area contributed by atoms with Crippen molar-refractivity contribution in [2.45, 2.75) is 52.0 Å². The van der Waals surface area contributed by atoms with Gasteiger partial charge in [0.15, 0.2) is 0 Å². The summed E-state index contributed by atoms with van der Waals surface area (Å²) in [5.74, 6) is 0.0767. The standard InChI is InChI=1S/C21H25NO4/c1-4-26-21(25)16-7-5-6-12-22(16)18-17(19(23)20(18)24)15-10-8-14(9-11-15)13(2)3/h8-11,13,16H,4-7,12H2,1-3H3/t16-/m1/s1. The van der Waals surface area contributed by atoms with E-state index in [4.69, 9.17) is 4.74 Å². The van der Waals surface area contributed by atoms with E-state index >= 15 is 0 Å². The quantitative estimate of drug-likeness (QED) is 0.609. The van der Waals surface area contributed by atoms with Gasteiger partial charge in [-0.2, -0.15) is 0 Å². The van der Waals surface area contributed by atoms with E-state index in [0.717, 1.165) is 18.4 Å². The fourth-order valence-corrected chi connectivity index (χ4v) is 3.64. The first-order valence-corrected chi connectivity index (χ1v) is 9.32. The van der Waals surface area contributed by atoms with Gasteiger partial charge in [-0.3, -0.25) is 9.59 Å². The van der Waals surface area contributed by atoms with E-state index < -0.39 is 16.9 Å². The molecular weight excluding hydrogens is 330 g/mol. The van der Waals surface area contributed by atoms with Crippen LogP contribution in [0, 0.1) is 0 Å². The van der Waals surface area contributed by atoms with Gasteiger partial charge in [0.05, 0.1) is 12.2 Å². The number of rotatable bonds is 5. The molecule has 0 saturated carbocycles. The molecule has 1 aliphatic rings. The van der Waals surface area contributed by atoms with E-state index in [-0.39, 0.29) is 5.97 Å². The van der Waals surface area contributed by atoms with Crippen LogP contribution < -0.4 is 15.8 Å². The van der Waals surface area contributed by atoms with Crippen LogP contribution in [-0.2, 0) is 9.53 Å². The average molecular weight is 355 g/mol. The predicted molar refractivity (Wildman–Crippen MR) is 102 cm³/mol. The number of anilines is 1. The molecule has 3 rings (SSSR count). The first-order valence-electron chi connectivity index (χ1n) is 9.32. The molecule has 1 fully saturated rings. The van der Waals surface area contributed by atoms with Crippen molar-refractivity contribution in [3.63, 3.8) is 0 Å². The van der Waals surface area contributed by atoms with Gasteiger partial charge in [-0.15, -0.1) is 0 Å². The molecule has 2 aromatic carbocycles. The number of ether oxygens (including phenoxy) is 1. The van der Waals surface area contributed by atoms with Crippen molar-refractivity contribution in [1.29, 1.82) is 0 Å². The number of benzene rings is 1. The van der Waals surface area contributed by atoms with Crippen molar-refractivity contribution < 1.29 is 9.53 Å². The topological polar surface area (TPSA) is 63.7 Å². The maximum absolute atomic E-state index is 12.3. The monoisotopic (exact) mass is 355 g/mol. The second-order valence-corrected chi connectivity index (χ2v) is 7.12. The van der Waals surface area contributed by atoms with Gasteiger partial charge < -0.3 is 9.64 Å². The third-order valence-electron chi connectivity index (χ3n) is 5.10. The Morgan fingerprint density at radius 1 is 1.15 bits per heavy atom. The van der Waals surface area contributed by atoms with Crippen molar-refractivity contribution in [3.8, 4) is 11.1 Å². The molecule has 0 spiro atoms. The van der Waals surface area contributed by atoms with Crippen LogP contribution in [0.25, 0.3) is 11.1 Å². The van der Waals surface area contributed by atoms with Gasteiger partial charge in [-0.25, -0.2) is 4.79 Å². The van der Waals surface area contributed by atoms with Crippen LogP contribution in [0.15, 0.2) is 33.9 Å². The highest BCUT2D eigenvalue weighted by Crippen LogP contribution is 2.32. The highest BCUT2D eigenvalue weighted by Gasteiger charge is 2.36. The lowest BCUT2D eigenvalue weighted by molar-refractivity contribution is -0.145. The van der Waals surface area contributed by atoms with Crippen molar-refractivity contribution in [2.75, 3.05) is 18.1 Å². The molecule has 1 heterocycles. The van der Waals surface area contributed by atoms with Crippen molar-refractivity contribution in [3.05, 3.63) is 50.3 Å². The second-order valence-electron chi connectivity index (χ2n) is 7.12. The number of carbonyl (C=O) groups is 1. The zero-order valence-corrected chi connectivity index (χ0v) is 15.6. The first kappa shape index (κ1) is 18.4. The highest BCUT2D eigenvalue weighted by atomic mass is 16.5. The third-order valence-corrected chi connectivity index (χ3v) is 5.10. The zero-order chi connectivity index (χ0) is 18.8. The number of nitrogens with zero attached hydrogens (tertiary/aromatic N) is 1. The van der Waals surface area contributed by atoms with E-state index in [1.54, 1.807) is 11.8 Å². The van der Waals surface area contributed by atoms with E-state index in [9.17, 15) is 14.4 Å². The normalized spacial score (nSPS) is 17.7. The predicted octanol–water partition coefficient (Wildman–Crippen LogP) is 3.00. The van der Waals surface area contributed by atoms with Crippen LogP contribution in [0.5, 0.6) is 0 Å². The summed E-state index contributed by atoms with van der Waals surface area (Å²) in [5, 5.41) is 0. The van der Waals surface area contributed by atoms with Gasteiger partial charge in [0.2, 0.25) is 10.9 Å². The molecule has 5 nitrogen and oxygen atoms in total. The SMILES string of the molecule is CCOC(=O)[C@H]1CCCCN1c1c(-c2ccc(C(C)C)cc2)c(=O)c1=O. The largest absolute Gasteiger partial charge is 0.464 e. The fourth-order valence-electron chi connectivity index (χ4n) is 3.64. The van der Waals surface area contributed by atoms with Gasteiger partial charge in [0.25, 0.3) is 0 Å². The van der Waals surface area contributed by atoms with Crippen molar-refractivity contribution in [1.82, 2.24) is 0 Å². The van der Waals surface area contributed by atoms with Gasteiger partial charge in [-0.05, 0) is 43.2 Å². The Bertz CT molecular complexity index is 859. The molecule has 0 bridgehead atoms. The van der Waals surface area contributed by atoms with Crippen LogP contribution in [0.3, 0.4) is 0 Å². The fraction of sp³-hybridized carbons (Fsp3) is 0.476. The van der Waals surface area contributed by atoms with E-state index in [2.05, 4.69) is 13.8 Å². The summed E-state index contributed by atoms with van der Waals surface area (Å²) in [4.78, 5) is 38.7. The van der Waals surface area contributed by atoms with Crippen LogP contribution in [-0.4, -0.2) is 25.2 Å². The minimum atomic E-state index is -0.496. The number of hydrogen-bond donors (Lipinski definition) is 0. The molecular formula is C21H25NO4. The number of esters is 1. The second kappa shape index (κ2) is 7.44. The zero-order valence-electron chi connectivity index (χ0n) is 15.6. The summed E-state index contributed by atoms with van der Waals surface area (Å²) in [6, 6.07) is 7.26. The number of hydrogen-bond acceptors (Lipinski definition) is 5. The lowest BCUT2D eigenvalue weighted by Crippen LogP contribution is -2.52. The van der Waals surface area contributed by atoms with E-state index in [1.807, 2.05) is 24.3 Å². The molecule has 0 aliphatic carbocycles. The van der Waals surface area contributed by atoms with Crippen molar-refractivity contribution >= 4 is 11.7 Å². The first-order chi connectivity index (χ1) is 12.5. The maximum Gasteiger partial charge on any atom is 0.328 e. The molecule has 5 heteroatoms. The Morgan fingerprint density at radius 3 is 2.46 bits per heavy atom. The molecule has 0 radical (unpaired) electrons. The van der Waals surface area contributed by atoms with Gasteiger partial charge in [0, 0.05) is 6.54 Å². The molecule has 1 saturated heterocycles. The van der Waals surface area contributed by atoms with Gasteiger partial charge >= 0.3 is 5.97 Å². The summed E-state index contributed by atoms with van der Waals surface area (Å²) < 4.78 is 5.18. The maximum atomic E-state index is 12.3. The minimum absolute atomic E-state index is 0.304. The Labute approximate surface area is 153 Å². The molecule has 1 aliphatic heterocycles. The van der Waals surface area contributed by atoms with Gasteiger partial charge in [0.1, 0.15) is 11.7 Å². The van der Waals surface area contributed by atoms with E-state index in [1.165, 1.54) is 5.56 Å². The summed E-state index contributed by atoms with van der Waals surface area (Å²) in [6.45, 7) is 6.87. The third kappa shape index (κ3) is 3.18. The minimum Gasteiger partial charge on any atom is -0.464 e. The van der Waals surface area contributed by atoms with Crippen LogP contribution >= 0.6 is 0 Å². The summed E-state index contributed by atoms with van der Waals surface area (Å²) in [7, 11) is 0. The van der Waals surface area contributed by atoms with Crippen LogP contribution in [0.1, 0.15) is 51.5 Å². The Balaban J connectivity index is 1.98. The number of piperidine rings is 1. The van der Waals surface area contributed by atoms with Crippen LogP contribution in [0.2, 0.25) is 0 Å². The Morgan fingerprint density at radius 2 is 1.85 bits per heavy atom. The van der Waals surface area contributed by atoms with Crippen LogP contribution in [0.4, 0.5) is 5.69 Å². The molecule has 0 unspecified atom stereocenters. The molecule has 1 atom stereocenters. The summed E-state index contributed by atoms with van der Waals surface area (Å²) >= 11 is 0. The molecule has 0 amide bonds. The Hall–Kier alpha value is -2.43. The summed E-state index contributed by atoms with van der Waals surface area (Å²) in [5.41, 5.74) is 1.76.